The van der Waals surface area contributed by atoms with Crippen LogP contribution in [0, 0.1) is 0 Å². The van der Waals surface area contributed by atoms with E-state index in [0.717, 1.165) is 65.7 Å². The SMILES string of the molecule is O=c1[nH]c(=O)n([C@H]2C[C@H](O)[C@@H](CO)O2)cc1CCCCNCCCN(C(c1ccccc1)(c1ccccc1)c1ccccc1)C(c1ccccc1)(c1ccccc1)c1ccccc1. The number of aryl methyl sites for hydroxylation is 1. The number of aromatic nitrogens is 2. The maximum absolute atomic E-state index is 12.8. The quantitative estimate of drug-likeness (QED) is 0.0486. The highest BCUT2D eigenvalue weighted by atomic mass is 16.5. The van der Waals surface area contributed by atoms with Crippen LogP contribution in [0.15, 0.2) is 198 Å². The number of aromatic amines is 1. The molecule has 322 valence electrons. The zero-order valence-electron chi connectivity index (χ0n) is 35.5. The number of H-pyrrole nitrogens is 1. The molecule has 1 fully saturated rings. The maximum Gasteiger partial charge on any atom is 0.330 e. The molecule has 1 aliphatic rings. The van der Waals surface area contributed by atoms with Gasteiger partial charge in [0.15, 0.2) is 0 Å². The molecule has 63 heavy (non-hydrogen) atoms. The fourth-order valence-corrected chi connectivity index (χ4v) is 9.62. The third-order valence-corrected chi connectivity index (χ3v) is 12.5. The van der Waals surface area contributed by atoms with Gasteiger partial charge in [0.1, 0.15) is 12.3 Å². The van der Waals surface area contributed by atoms with E-state index in [1.807, 2.05) is 0 Å². The lowest BCUT2D eigenvalue weighted by Gasteiger charge is -2.56. The molecular formula is C54H56N4O5. The molecule has 0 saturated carbocycles. The Hall–Kier alpha value is -6.20. The van der Waals surface area contributed by atoms with Gasteiger partial charge in [0.2, 0.25) is 0 Å². The topological polar surface area (TPSA) is 120 Å². The van der Waals surface area contributed by atoms with Gasteiger partial charge in [0, 0.05) is 24.7 Å². The van der Waals surface area contributed by atoms with Crippen LogP contribution in [0.2, 0.25) is 0 Å². The highest BCUT2D eigenvalue weighted by Crippen LogP contribution is 2.53. The normalized spacial score (nSPS) is 16.7. The van der Waals surface area contributed by atoms with Gasteiger partial charge < -0.3 is 20.3 Å². The van der Waals surface area contributed by atoms with Gasteiger partial charge in [-0.05, 0) is 72.2 Å². The van der Waals surface area contributed by atoms with Crippen LogP contribution in [-0.2, 0) is 22.2 Å². The van der Waals surface area contributed by atoms with E-state index in [4.69, 9.17) is 4.74 Å². The summed E-state index contributed by atoms with van der Waals surface area (Å²) in [6.07, 6.45) is 2.12. The van der Waals surface area contributed by atoms with Crippen molar-refractivity contribution in [2.24, 2.45) is 0 Å². The van der Waals surface area contributed by atoms with Crippen LogP contribution < -0.4 is 16.6 Å². The molecule has 0 amide bonds. The molecule has 1 aromatic heterocycles. The third-order valence-electron chi connectivity index (χ3n) is 12.5. The molecule has 8 rings (SSSR count). The Morgan fingerprint density at radius 2 is 1.00 bits per heavy atom. The number of nitrogens with zero attached hydrogens (tertiary/aromatic N) is 2. The van der Waals surface area contributed by atoms with E-state index in [1.165, 1.54) is 10.8 Å². The van der Waals surface area contributed by atoms with E-state index in [1.54, 1.807) is 0 Å². The van der Waals surface area contributed by atoms with Gasteiger partial charge in [-0.2, -0.15) is 0 Å². The molecule has 0 aliphatic carbocycles. The van der Waals surface area contributed by atoms with Gasteiger partial charge in [-0.25, -0.2) is 4.79 Å². The van der Waals surface area contributed by atoms with Gasteiger partial charge in [-0.15, -0.1) is 0 Å². The smallest absolute Gasteiger partial charge is 0.330 e. The van der Waals surface area contributed by atoms with E-state index in [0.29, 0.717) is 18.5 Å². The summed E-state index contributed by atoms with van der Waals surface area (Å²) in [6, 6.07) is 65.5. The van der Waals surface area contributed by atoms with Crippen molar-refractivity contribution in [3.05, 3.63) is 248 Å². The molecule has 0 spiro atoms. The first kappa shape index (κ1) is 43.4. The lowest BCUT2D eigenvalue weighted by Crippen LogP contribution is -2.60. The van der Waals surface area contributed by atoms with Crippen LogP contribution in [0.1, 0.15) is 70.9 Å². The Morgan fingerprint density at radius 3 is 1.38 bits per heavy atom. The average molecular weight is 841 g/mol. The van der Waals surface area contributed by atoms with Crippen LogP contribution in [0.4, 0.5) is 0 Å². The number of aliphatic hydroxyl groups excluding tert-OH is 2. The van der Waals surface area contributed by atoms with Crippen molar-refractivity contribution in [3.63, 3.8) is 0 Å². The number of benzene rings is 6. The van der Waals surface area contributed by atoms with Gasteiger partial charge in [-0.3, -0.25) is 19.2 Å². The van der Waals surface area contributed by atoms with Gasteiger partial charge in [-0.1, -0.05) is 182 Å². The minimum absolute atomic E-state index is 0.157. The number of ether oxygens (including phenoxy) is 1. The number of hydrogen-bond donors (Lipinski definition) is 4. The summed E-state index contributed by atoms with van der Waals surface area (Å²) in [7, 11) is 0. The lowest BCUT2D eigenvalue weighted by atomic mass is 9.67. The minimum Gasteiger partial charge on any atom is -0.394 e. The average Bonchev–Trinajstić information content (AvgIpc) is 3.72. The highest BCUT2D eigenvalue weighted by molar-refractivity contribution is 5.56. The highest BCUT2D eigenvalue weighted by Gasteiger charge is 2.53. The Labute approximate surface area is 369 Å². The summed E-state index contributed by atoms with van der Waals surface area (Å²) in [5.74, 6) is 0. The monoisotopic (exact) mass is 840 g/mol. The van der Waals surface area contributed by atoms with Gasteiger partial charge in [0.25, 0.3) is 5.56 Å². The lowest BCUT2D eigenvalue weighted by molar-refractivity contribution is -0.0460. The second kappa shape index (κ2) is 20.3. The molecule has 2 heterocycles. The van der Waals surface area contributed by atoms with E-state index in [9.17, 15) is 19.8 Å². The second-order valence-electron chi connectivity index (χ2n) is 16.3. The standard InChI is InChI=1S/C54H56N4O5/c59-40-49-48(60)38-50(63-49)57-39-41(51(61)56-52(57)62)22-19-20-35-55-36-21-37-58(53(42-23-7-1-8-24-42,43-25-9-2-10-26-43)44-27-11-3-12-28-44)54(45-29-13-4-14-30-45,46-31-15-5-16-32-46)47-33-17-6-18-34-47/h1-18,23-34,39,48-50,55,59-60H,19-22,35-38,40H2,(H,56,61,62)/t48-,49+,50+/m0/s1. The molecule has 1 aliphatic heterocycles. The maximum atomic E-state index is 12.8. The fourth-order valence-electron chi connectivity index (χ4n) is 9.62. The molecule has 9 nitrogen and oxygen atoms in total. The number of hydrogen-bond acceptors (Lipinski definition) is 7. The molecule has 6 aromatic carbocycles. The van der Waals surface area contributed by atoms with Crippen molar-refractivity contribution in [1.29, 1.82) is 0 Å². The molecule has 0 bridgehead atoms. The predicted molar refractivity (Wildman–Crippen MR) is 248 cm³/mol. The third kappa shape index (κ3) is 8.89. The zero-order valence-corrected chi connectivity index (χ0v) is 35.5. The molecule has 4 N–H and O–H groups in total. The molecule has 0 radical (unpaired) electrons. The summed E-state index contributed by atoms with van der Waals surface area (Å²) in [4.78, 5) is 30.7. The molecule has 3 atom stereocenters. The largest absolute Gasteiger partial charge is 0.394 e. The van der Waals surface area contributed by atoms with Crippen LogP contribution in [0.25, 0.3) is 0 Å². The Balaban J connectivity index is 1.14. The van der Waals surface area contributed by atoms with E-state index >= 15 is 0 Å². The Bertz CT molecular complexity index is 2270. The molecular weight excluding hydrogens is 785 g/mol. The first-order chi connectivity index (χ1) is 31.0. The summed E-state index contributed by atoms with van der Waals surface area (Å²) in [6.45, 7) is 1.83. The van der Waals surface area contributed by atoms with Gasteiger partial charge >= 0.3 is 5.69 Å². The molecule has 0 unspecified atom stereocenters. The van der Waals surface area contributed by atoms with Crippen molar-refractivity contribution in [2.75, 3.05) is 26.2 Å². The number of aliphatic hydroxyl groups is 2. The molecule has 9 heteroatoms. The predicted octanol–water partition coefficient (Wildman–Crippen LogP) is 7.77. The van der Waals surface area contributed by atoms with E-state index < -0.39 is 40.8 Å². The Morgan fingerprint density at radius 1 is 0.603 bits per heavy atom. The van der Waals surface area contributed by atoms with Crippen LogP contribution in [0.3, 0.4) is 0 Å². The van der Waals surface area contributed by atoms with Crippen molar-refractivity contribution >= 4 is 0 Å². The minimum atomic E-state index is -0.890. The Kier molecular flexibility index (Phi) is 14.0. The van der Waals surface area contributed by atoms with Gasteiger partial charge in [0.05, 0.1) is 23.8 Å². The van der Waals surface area contributed by atoms with Crippen LogP contribution in [-0.4, -0.2) is 63.1 Å². The second-order valence-corrected chi connectivity index (χ2v) is 16.3. The van der Waals surface area contributed by atoms with Crippen molar-refractivity contribution in [1.82, 2.24) is 19.8 Å². The van der Waals surface area contributed by atoms with E-state index in [2.05, 4.69) is 197 Å². The number of rotatable bonds is 19. The van der Waals surface area contributed by atoms with Crippen LogP contribution in [0.5, 0.6) is 0 Å². The first-order valence-electron chi connectivity index (χ1n) is 22.1. The van der Waals surface area contributed by atoms with Crippen molar-refractivity contribution < 1.29 is 14.9 Å². The zero-order chi connectivity index (χ0) is 43.5. The summed E-state index contributed by atoms with van der Waals surface area (Å²) >= 11 is 0. The molecule has 7 aromatic rings. The van der Waals surface area contributed by atoms with Crippen LogP contribution >= 0.6 is 0 Å². The van der Waals surface area contributed by atoms with Crippen molar-refractivity contribution in [2.45, 2.75) is 61.6 Å². The summed E-state index contributed by atoms with van der Waals surface area (Å²) in [5.41, 5.74) is 4.86. The molecule has 1 saturated heterocycles. The summed E-state index contributed by atoms with van der Waals surface area (Å²) in [5, 5.41) is 23.5. The number of nitrogens with one attached hydrogen (secondary N) is 2. The summed E-state index contributed by atoms with van der Waals surface area (Å²) < 4.78 is 7.02. The van der Waals surface area contributed by atoms with E-state index in [-0.39, 0.29) is 13.0 Å². The van der Waals surface area contributed by atoms with Crippen molar-refractivity contribution in [3.8, 4) is 0 Å². The number of unbranched alkanes of at least 4 members (excludes halogenated alkanes) is 1. The first-order valence-corrected chi connectivity index (χ1v) is 22.1. The fraction of sp³-hybridized carbons (Fsp3) is 0.259.